The minimum atomic E-state index is 0.231. The predicted molar refractivity (Wildman–Crippen MR) is 91.0 cm³/mol. The standard InChI is InChI=1S/C18H29N3O/c1-14(2)16-5-7-17(8-6-16)15(3)20(4)13-18(22)21-11-9-19-10-12-21/h5-8,14-15,19H,9-13H2,1-4H3. The average molecular weight is 303 g/mol. The normalized spacial score (nSPS) is 17.1. The largest absolute Gasteiger partial charge is 0.339 e. The van der Waals surface area contributed by atoms with E-state index in [1.807, 2.05) is 11.9 Å². The highest BCUT2D eigenvalue weighted by molar-refractivity contribution is 5.78. The van der Waals surface area contributed by atoms with Crippen molar-refractivity contribution in [3.8, 4) is 0 Å². The summed E-state index contributed by atoms with van der Waals surface area (Å²) >= 11 is 0. The maximum absolute atomic E-state index is 12.3. The average Bonchev–Trinajstić information content (AvgIpc) is 2.55. The Kier molecular flexibility index (Phi) is 5.98. The Morgan fingerprint density at radius 1 is 1.14 bits per heavy atom. The summed E-state index contributed by atoms with van der Waals surface area (Å²) in [4.78, 5) is 16.4. The van der Waals surface area contributed by atoms with Gasteiger partial charge in [0.25, 0.3) is 0 Å². The molecule has 1 atom stereocenters. The number of benzene rings is 1. The summed E-state index contributed by atoms with van der Waals surface area (Å²) in [5, 5.41) is 3.28. The summed E-state index contributed by atoms with van der Waals surface area (Å²) in [6.07, 6.45) is 0. The van der Waals surface area contributed by atoms with Crippen molar-refractivity contribution in [1.29, 1.82) is 0 Å². The molecule has 1 saturated heterocycles. The van der Waals surface area contributed by atoms with Gasteiger partial charge in [0.2, 0.25) is 5.91 Å². The molecule has 1 aliphatic rings. The molecular formula is C18H29N3O. The molecule has 0 bridgehead atoms. The Hall–Kier alpha value is -1.39. The molecule has 1 fully saturated rings. The van der Waals surface area contributed by atoms with Crippen LogP contribution in [0, 0.1) is 0 Å². The van der Waals surface area contributed by atoms with Gasteiger partial charge in [0.15, 0.2) is 0 Å². The molecule has 1 unspecified atom stereocenters. The summed E-state index contributed by atoms with van der Waals surface area (Å²) < 4.78 is 0. The number of amides is 1. The van der Waals surface area contributed by atoms with Crippen molar-refractivity contribution in [2.75, 3.05) is 39.8 Å². The van der Waals surface area contributed by atoms with Crippen molar-refractivity contribution in [2.24, 2.45) is 0 Å². The van der Waals surface area contributed by atoms with E-state index in [1.165, 1.54) is 11.1 Å². The van der Waals surface area contributed by atoms with Gasteiger partial charge in [0.1, 0.15) is 0 Å². The highest BCUT2D eigenvalue weighted by Crippen LogP contribution is 2.22. The van der Waals surface area contributed by atoms with E-state index >= 15 is 0 Å². The van der Waals surface area contributed by atoms with Crippen LogP contribution in [-0.4, -0.2) is 55.5 Å². The number of likely N-dealkylation sites (N-methyl/N-ethyl adjacent to an activating group) is 1. The predicted octanol–water partition coefficient (Wildman–Crippen LogP) is 2.23. The zero-order valence-electron chi connectivity index (χ0n) is 14.3. The lowest BCUT2D eigenvalue weighted by molar-refractivity contribution is -0.133. The quantitative estimate of drug-likeness (QED) is 0.906. The number of hydrogen-bond donors (Lipinski definition) is 1. The molecule has 1 aliphatic heterocycles. The van der Waals surface area contributed by atoms with Gasteiger partial charge in [0, 0.05) is 32.2 Å². The smallest absolute Gasteiger partial charge is 0.236 e. The second-order valence-electron chi connectivity index (χ2n) is 6.54. The van der Waals surface area contributed by atoms with E-state index in [-0.39, 0.29) is 11.9 Å². The number of hydrogen-bond acceptors (Lipinski definition) is 3. The maximum atomic E-state index is 12.3. The van der Waals surface area contributed by atoms with Gasteiger partial charge in [-0.25, -0.2) is 0 Å². The third-order valence-corrected chi connectivity index (χ3v) is 4.60. The van der Waals surface area contributed by atoms with E-state index in [4.69, 9.17) is 0 Å². The third kappa shape index (κ3) is 4.31. The molecule has 0 radical (unpaired) electrons. The first-order valence-corrected chi connectivity index (χ1v) is 8.27. The van der Waals surface area contributed by atoms with Crippen LogP contribution in [0.4, 0.5) is 0 Å². The summed E-state index contributed by atoms with van der Waals surface area (Å²) in [6, 6.07) is 9.01. The molecule has 1 amide bonds. The summed E-state index contributed by atoms with van der Waals surface area (Å²) in [5.41, 5.74) is 2.62. The topological polar surface area (TPSA) is 35.6 Å². The first-order valence-electron chi connectivity index (χ1n) is 8.27. The fourth-order valence-electron chi connectivity index (χ4n) is 2.78. The second-order valence-corrected chi connectivity index (χ2v) is 6.54. The number of carbonyl (C=O) groups is 1. The maximum Gasteiger partial charge on any atom is 0.236 e. The van der Waals surface area contributed by atoms with E-state index < -0.39 is 0 Å². The first-order chi connectivity index (χ1) is 10.5. The molecule has 4 nitrogen and oxygen atoms in total. The number of piperazine rings is 1. The Balaban J connectivity index is 1.93. The Bertz CT molecular complexity index is 478. The van der Waals surface area contributed by atoms with Gasteiger partial charge in [-0.15, -0.1) is 0 Å². The van der Waals surface area contributed by atoms with Crippen LogP contribution in [0.25, 0.3) is 0 Å². The van der Waals surface area contributed by atoms with Crippen LogP contribution in [0.2, 0.25) is 0 Å². The Morgan fingerprint density at radius 2 is 1.68 bits per heavy atom. The molecule has 0 aliphatic carbocycles. The molecule has 4 heteroatoms. The number of carbonyl (C=O) groups excluding carboxylic acids is 1. The van der Waals surface area contributed by atoms with Crippen LogP contribution < -0.4 is 5.32 Å². The minimum Gasteiger partial charge on any atom is -0.339 e. The number of rotatable bonds is 5. The van der Waals surface area contributed by atoms with Crippen LogP contribution in [0.15, 0.2) is 24.3 Å². The molecular weight excluding hydrogens is 274 g/mol. The van der Waals surface area contributed by atoms with Crippen molar-refractivity contribution in [1.82, 2.24) is 15.1 Å². The zero-order valence-corrected chi connectivity index (χ0v) is 14.3. The lowest BCUT2D eigenvalue weighted by Gasteiger charge is -2.31. The van der Waals surface area contributed by atoms with E-state index in [2.05, 4.69) is 55.3 Å². The van der Waals surface area contributed by atoms with Gasteiger partial charge < -0.3 is 10.2 Å². The van der Waals surface area contributed by atoms with Gasteiger partial charge in [0.05, 0.1) is 6.54 Å². The summed E-state index contributed by atoms with van der Waals surface area (Å²) in [7, 11) is 2.03. The molecule has 122 valence electrons. The van der Waals surface area contributed by atoms with Crippen molar-refractivity contribution in [3.05, 3.63) is 35.4 Å². The van der Waals surface area contributed by atoms with E-state index in [1.54, 1.807) is 0 Å². The van der Waals surface area contributed by atoms with E-state index in [0.29, 0.717) is 12.5 Å². The third-order valence-electron chi connectivity index (χ3n) is 4.60. The van der Waals surface area contributed by atoms with Crippen molar-refractivity contribution in [3.63, 3.8) is 0 Å². The fourth-order valence-corrected chi connectivity index (χ4v) is 2.78. The van der Waals surface area contributed by atoms with Gasteiger partial charge in [-0.2, -0.15) is 0 Å². The molecule has 2 rings (SSSR count). The fraction of sp³-hybridized carbons (Fsp3) is 0.611. The van der Waals surface area contributed by atoms with Gasteiger partial charge in [-0.1, -0.05) is 38.1 Å². The summed E-state index contributed by atoms with van der Waals surface area (Å²) in [6.45, 7) is 10.5. The highest BCUT2D eigenvalue weighted by Gasteiger charge is 2.20. The van der Waals surface area contributed by atoms with Crippen molar-refractivity contribution in [2.45, 2.75) is 32.7 Å². The highest BCUT2D eigenvalue weighted by atomic mass is 16.2. The van der Waals surface area contributed by atoms with E-state index in [0.717, 1.165) is 26.2 Å². The molecule has 1 aromatic carbocycles. The van der Waals surface area contributed by atoms with Crippen molar-refractivity contribution >= 4 is 5.91 Å². The van der Waals surface area contributed by atoms with Crippen LogP contribution in [-0.2, 0) is 4.79 Å². The molecule has 1 aromatic rings. The molecule has 0 spiro atoms. The van der Waals surface area contributed by atoms with Gasteiger partial charge in [-0.05, 0) is 31.0 Å². The zero-order chi connectivity index (χ0) is 16.1. The molecule has 1 N–H and O–H groups in total. The summed E-state index contributed by atoms with van der Waals surface area (Å²) in [5.74, 6) is 0.783. The SMILES string of the molecule is CC(C)c1ccc(C(C)N(C)CC(=O)N2CCNCC2)cc1. The Labute approximate surface area is 134 Å². The van der Waals surface area contributed by atoms with Crippen molar-refractivity contribution < 1.29 is 4.79 Å². The lowest BCUT2D eigenvalue weighted by Crippen LogP contribution is -2.49. The molecule has 1 heterocycles. The van der Waals surface area contributed by atoms with E-state index in [9.17, 15) is 4.79 Å². The minimum absolute atomic E-state index is 0.231. The molecule has 22 heavy (non-hydrogen) atoms. The number of nitrogens with zero attached hydrogens (tertiary/aromatic N) is 2. The molecule has 0 aromatic heterocycles. The second kappa shape index (κ2) is 7.75. The van der Waals surface area contributed by atoms with Crippen LogP contribution in [0.5, 0.6) is 0 Å². The van der Waals surface area contributed by atoms with Crippen LogP contribution in [0.1, 0.15) is 43.9 Å². The molecule has 0 saturated carbocycles. The van der Waals surface area contributed by atoms with Crippen LogP contribution >= 0.6 is 0 Å². The first kappa shape index (κ1) is 17.0. The number of nitrogens with one attached hydrogen (secondary N) is 1. The van der Waals surface area contributed by atoms with Gasteiger partial charge in [-0.3, -0.25) is 9.69 Å². The van der Waals surface area contributed by atoms with Gasteiger partial charge >= 0.3 is 0 Å². The monoisotopic (exact) mass is 303 g/mol. The lowest BCUT2D eigenvalue weighted by atomic mass is 9.99. The van der Waals surface area contributed by atoms with Crippen LogP contribution in [0.3, 0.4) is 0 Å². The Morgan fingerprint density at radius 3 is 2.23 bits per heavy atom.